The zero-order valence-electron chi connectivity index (χ0n) is 16.6. The highest BCUT2D eigenvalue weighted by molar-refractivity contribution is 6.32. The van der Waals surface area contributed by atoms with Gasteiger partial charge in [-0.15, -0.1) is 0 Å². The summed E-state index contributed by atoms with van der Waals surface area (Å²) in [5.74, 6) is 1.04. The summed E-state index contributed by atoms with van der Waals surface area (Å²) in [5, 5.41) is 0.655. The molecule has 0 N–H and O–H groups in total. The maximum atomic E-state index is 12.8. The Bertz CT molecular complexity index is 609. The molecule has 2 saturated heterocycles. The lowest BCUT2D eigenvalue weighted by atomic mass is 9.97. The number of nitrogens with zero attached hydrogens (tertiary/aromatic N) is 3. The maximum absolute atomic E-state index is 12.8. The third-order valence-electron chi connectivity index (χ3n) is 5.81. The number of rotatable bonds is 6. The molecule has 2 heterocycles. The molecule has 0 saturated carbocycles. The third kappa shape index (κ3) is 5.59. The number of hydrogen-bond acceptors (Lipinski definition) is 4. The normalized spacial score (nSPS) is 24.8. The molecule has 3 rings (SSSR count). The number of ether oxygens (including phenoxy) is 1. The van der Waals surface area contributed by atoms with E-state index in [1.54, 1.807) is 0 Å². The molecule has 2 unspecified atom stereocenters. The number of hydrogen-bond donors (Lipinski definition) is 0. The van der Waals surface area contributed by atoms with E-state index in [2.05, 4.69) is 28.5 Å². The number of likely N-dealkylation sites (tertiary alicyclic amines) is 1. The molecular formula is C21H32ClN3O2. The van der Waals surface area contributed by atoms with Crippen LogP contribution < -0.4 is 4.74 Å². The van der Waals surface area contributed by atoms with Crippen LogP contribution in [0.5, 0.6) is 5.75 Å². The fourth-order valence-corrected chi connectivity index (χ4v) is 4.39. The van der Waals surface area contributed by atoms with Gasteiger partial charge in [-0.05, 0) is 45.2 Å². The molecule has 2 atom stereocenters. The summed E-state index contributed by atoms with van der Waals surface area (Å²) in [7, 11) is 0. The molecule has 1 aromatic rings. The van der Waals surface area contributed by atoms with Crippen LogP contribution in [0.25, 0.3) is 0 Å². The summed E-state index contributed by atoms with van der Waals surface area (Å²) in [6.07, 6.45) is 3.51. The fraction of sp³-hybridized carbons (Fsp3) is 0.667. The summed E-state index contributed by atoms with van der Waals surface area (Å²) in [5.41, 5.74) is 0. The van der Waals surface area contributed by atoms with Gasteiger partial charge in [0.25, 0.3) is 0 Å². The van der Waals surface area contributed by atoms with Crippen molar-refractivity contribution in [1.29, 1.82) is 0 Å². The molecule has 2 aliphatic rings. The second-order valence-corrected chi connectivity index (χ2v) is 8.23. The van der Waals surface area contributed by atoms with Crippen LogP contribution in [-0.4, -0.2) is 78.6 Å². The van der Waals surface area contributed by atoms with Crippen molar-refractivity contribution in [3.63, 3.8) is 0 Å². The molecule has 0 aliphatic carbocycles. The van der Waals surface area contributed by atoms with Crippen LogP contribution in [0.4, 0.5) is 0 Å². The first-order chi connectivity index (χ1) is 13.0. The van der Waals surface area contributed by atoms with Gasteiger partial charge in [0.1, 0.15) is 12.4 Å². The summed E-state index contributed by atoms with van der Waals surface area (Å²) in [6, 6.07) is 8.34. The number of carbonyl (C=O) groups is 1. The highest BCUT2D eigenvalue weighted by Gasteiger charge is 2.30. The first kappa shape index (κ1) is 20.4. The number of piperazine rings is 1. The summed E-state index contributed by atoms with van der Waals surface area (Å²) < 4.78 is 5.79. The standard InChI is InChI=1S/C21H32ClN3O2/c1-17-6-5-7-18(2)25(17)21(26)16-24-12-10-23(11-13-24)14-15-27-20-9-4-3-8-19(20)22/h3-4,8-9,17-18H,5-7,10-16H2,1-2H3. The largest absolute Gasteiger partial charge is 0.491 e. The van der Waals surface area contributed by atoms with E-state index in [4.69, 9.17) is 16.3 Å². The Labute approximate surface area is 168 Å². The monoisotopic (exact) mass is 393 g/mol. The molecular weight excluding hydrogens is 362 g/mol. The predicted octanol–water partition coefficient (Wildman–Crippen LogP) is 3.13. The van der Waals surface area contributed by atoms with Crippen LogP contribution in [0.2, 0.25) is 5.02 Å². The molecule has 5 nitrogen and oxygen atoms in total. The van der Waals surface area contributed by atoms with Crippen molar-refractivity contribution >= 4 is 17.5 Å². The number of piperidine rings is 1. The predicted molar refractivity (Wildman–Crippen MR) is 109 cm³/mol. The van der Waals surface area contributed by atoms with Crippen molar-refractivity contribution in [2.24, 2.45) is 0 Å². The van der Waals surface area contributed by atoms with Crippen molar-refractivity contribution in [2.75, 3.05) is 45.9 Å². The van der Waals surface area contributed by atoms with E-state index in [0.29, 0.717) is 36.2 Å². The van der Waals surface area contributed by atoms with Crippen molar-refractivity contribution in [1.82, 2.24) is 14.7 Å². The van der Waals surface area contributed by atoms with Crippen LogP contribution in [0.1, 0.15) is 33.1 Å². The third-order valence-corrected chi connectivity index (χ3v) is 6.12. The van der Waals surface area contributed by atoms with Gasteiger partial charge in [0.15, 0.2) is 0 Å². The Morgan fingerprint density at radius 2 is 1.70 bits per heavy atom. The van der Waals surface area contributed by atoms with Gasteiger partial charge in [-0.3, -0.25) is 14.6 Å². The first-order valence-electron chi connectivity index (χ1n) is 10.2. The molecule has 1 aromatic carbocycles. The Kier molecular flexibility index (Phi) is 7.39. The molecule has 2 aliphatic heterocycles. The number of amides is 1. The SMILES string of the molecule is CC1CCCC(C)N1C(=O)CN1CCN(CCOc2ccccc2Cl)CC1. The van der Waals surface area contributed by atoms with Crippen LogP contribution in [0.3, 0.4) is 0 Å². The van der Waals surface area contributed by atoms with Gasteiger partial charge in [0.05, 0.1) is 11.6 Å². The molecule has 27 heavy (non-hydrogen) atoms. The van der Waals surface area contributed by atoms with E-state index in [-0.39, 0.29) is 0 Å². The van der Waals surface area contributed by atoms with Gasteiger partial charge in [0.2, 0.25) is 5.91 Å². The Morgan fingerprint density at radius 3 is 2.37 bits per heavy atom. The molecule has 0 spiro atoms. The van der Waals surface area contributed by atoms with E-state index < -0.39 is 0 Å². The lowest BCUT2D eigenvalue weighted by Crippen LogP contribution is -2.54. The first-order valence-corrected chi connectivity index (χ1v) is 10.6. The van der Waals surface area contributed by atoms with Gasteiger partial charge in [-0.1, -0.05) is 23.7 Å². The van der Waals surface area contributed by atoms with E-state index in [9.17, 15) is 4.79 Å². The molecule has 0 radical (unpaired) electrons. The van der Waals surface area contributed by atoms with E-state index in [0.717, 1.165) is 51.3 Å². The van der Waals surface area contributed by atoms with Gasteiger partial charge in [0, 0.05) is 44.8 Å². The molecule has 0 bridgehead atoms. The molecule has 150 valence electrons. The number of carbonyl (C=O) groups excluding carboxylic acids is 1. The highest BCUT2D eigenvalue weighted by atomic mass is 35.5. The average molecular weight is 394 g/mol. The quantitative estimate of drug-likeness (QED) is 0.744. The van der Waals surface area contributed by atoms with Crippen molar-refractivity contribution in [3.8, 4) is 5.75 Å². The Hall–Kier alpha value is -1.30. The number of para-hydroxylation sites is 1. The molecule has 0 aromatic heterocycles. The van der Waals surface area contributed by atoms with Crippen LogP contribution in [-0.2, 0) is 4.79 Å². The van der Waals surface area contributed by atoms with Crippen molar-refractivity contribution in [2.45, 2.75) is 45.2 Å². The minimum Gasteiger partial charge on any atom is -0.491 e. The number of halogens is 1. The summed E-state index contributed by atoms with van der Waals surface area (Å²) in [6.45, 7) is 10.3. The molecule has 6 heteroatoms. The topological polar surface area (TPSA) is 36.0 Å². The minimum atomic E-state index is 0.296. The van der Waals surface area contributed by atoms with Crippen LogP contribution in [0, 0.1) is 0 Å². The van der Waals surface area contributed by atoms with Gasteiger partial charge in [-0.25, -0.2) is 0 Å². The minimum absolute atomic E-state index is 0.296. The van der Waals surface area contributed by atoms with Gasteiger partial charge in [-0.2, -0.15) is 0 Å². The smallest absolute Gasteiger partial charge is 0.237 e. The Balaban J connectivity index is 1.37. The second-order valence-electron chi connectivity index (χ2n) is 7.83. The second kappa shape index (κ2) is 9.76. The maximum Gasteiger partial charge on any atom is 0.237 e. The zero-order chi connectivity index (χ0) is 19.2. The number of benzene rings is 1. The lowest BCUT2D eigenvalue weighted by molar-refractivity contribution is -0.139. The Morgan fingerprint density at radius 1 is 1.07 bits per heavy atom. The van der Waals surface area contributed by atoms with Gasteiger partial charge < -0.3 is 9.64 Å². The summed E-state index contributed by atoms with van der Waals surface area (Å²) in [4.78, 5) is 19.6. The fourth-order valence-electron chi connectivity index (χ4n) is 4.20. The van der Waals surface area contributed by atoms with Crippen molar-refractivity contribution < 1.29 is 9.53 Å². The molecule has 2 fully saturated rings. The lowest BCUT2D eigenvalue weighted by Gasteiger charge is -2.41. The van der Waals surface area contributed by atoms with Crippen LogP contribution in [0.15, 0.2) is 24.3 Å². The summed E-state index contributed by atoms with van der Waals surface area (Å²) >= 11 is 6.12. The highest BCUT2D eigenvalue weighted by Crippen LogP contribution is 2.24. The average Bonchev–Trinajstić information content (AvgIpc) is 2.64. The van der Waals surface area contributed by atoms with E-state index in [1.807, 2.05) is 24.3 Å². The van der Waals surface area contributed by atoms with Crippen LogP contribution >= 0.6 is 11.6 Å². The van der Waals surface area contributed by atoms with E-state index >= 15 is 0 Å². The van der Waals surface area contributed by atoms with Crippen molar-refractivity contribution in [3.05, 3.63) is 29.3 Å². The zero-order valence-corrected chi connectivity index (χ0v) is 17.3. The van der Waals surface area contributed by atoms with Gasteiger partial charge >= 0.3 is 0 Å². The molecule has 1 amide bonds. The van der Waals surface area contributed by atoms with E-state index in [1.165, 1.54) is 6.42 Å².